The molecule has 182 valence electrons. The Morgan fingerprint density at radius 3 is 2.54 bits per heavy atom. The largest absolute Gasteiger partial charge is 0.368 e. The lowest BCUT2D eigenvalue weighted by Gasteiger charge is -2.27. The van der Waals surface area contributed by atoms with Crippen LogP contribution in [0.4, 0.5) is 0 Å². The number of allylic oxidation sites excluding steroid dienone is 3. The summed E-state index contributed by atoms with van der Waals surface area (Å²) in [6, 6.07) is 17.9. The van der Waals surface area contributed by atoms with Gasteiger partial charge in [0.1, 0.15) is 0 Å². The van der Waals surface area contributed by atoms with Crippen molar-refractivity contribution in [1.29, 1.82) is 0 Å². The highest BCUT2D eigenvalue weighted by molar-refractivity contribution is 5.98. The van der Waals surface area contributed by atoms with Crippen molar-refractivity contribution in [1.82, 2.24) is 10.3 Å². The van der Waals surface area contributed by atoms with Gasteiger partial charge in [-0.1, -0.05) is 61.6 Å². The Morgan fingerprint density at radius 2 is 1.80 bits per heavy atom. The summed E-state index contributed by atoms with van der Waals surface area (Å²) in [6.45, 7) is 4.22. The molecule has 0 spiro atoms. The topological polar surface area (TPSA) is 82.5 Å². The lowest BCUT2D eigenvalue weighted by molar-refractivity contribution is -0.0465. The molecule has 5 nitrogen and oxygen atoms in total. The smallest absolute Gasteiger partial charge is 0.251 e. The molecule has 1 aliphatic carbocycles. The Hall–Kier alpha value is -3.28. The molecule has 0 aliphatic heterocycles. The molecule has 1 amide bonds. The molecule has 0 bridgehead atoms. The second kappa shape index (κ2) is 11.4. The van der Waals surface area contributed by atoms with Crippen molar-refractivity contribution < 1.29 is 15.0 Å². The third-order valence-electron chi connectivity index (χ3n) is 6.76. The first kappa shape index (κ1) is 24.8. The van der Waals surface area contributed by atoms with Crippen molar-refractivity contribution in [2.24, 2.45) is 11.8 Å². The highest BCUT2D eigenvalue weighted by Crippen LogP contribution is 2.28. The van der Waals surface area contributed by atoms with Gasteiger partial charge in [0.25, 0.3) is 5.91 Å². The third-order valence-corrected chi connectivity index (χ3v) is 6.76. The number of nitrogens with one attached hydrogen (secondary N) is 1. The molecule has 0 radical (unpaired) electrons. The molecule has 3 N–H and O–H groups in total. The van der Waals surface area contributed by atoms with Gasteiger partial charge >= 0.3 is 0 Å². The summed E-state index contributed by atoms with van der Waals surface area (Å²) in [5.74, 6) is 0.561. The van der Waals surface area contributed by atoms with Gasteiger partial charge in [-0.05, 0) is 68.4 Å². The number of rotatable bonds is 9. The van der Waals surface area contributed by atoms with Gasteiger partial charge in [-0.25, -0.2) is 4.98 Å². The zero-order valence-electron chi connectivity index (χ0n) is 20.4. The predicted octanol–water partition coefficient (Wildman–Crippen LogP) is 5.42. The Balaban J connectivity index is 1.59. The van der Waals surface area contributed by atoms with E-state index in [1.807, 2.05) is 54.6 Å². The van der Waals surface area contributed by atoms with E-state index in [2.05, 4.69) is 43.5 Å². The molecule has 3 atom stereocenters. The fourth-order valence-electron chi connectivity index (χ4n) is 4.78. The number of carbonyl (C=O) groups is 1. The van der Waals surface area contributed by atoms with E-state index in [0.717, 1.165) is 40.6 Å². The van der Waals surface area contributed by atoms with Gasteiger partial charge in [-0.15, -0.1) is 0 Å². The number of aromatic nitrogens is 1. The van der Waals surface area contributed by atoms with Gasteiger partial charge in [0.2, 0.25) is 0 Å². The minimum Gasteiger partial charge on any atom is -0.368 e. The van der Waals surface area contributed by atoms with E-state index in [-0.39, 0.29) is 17.9 Å². The Morgan fingerprint density at radius 1 is 1.03 bits per heavy atom. The van der Waals surface area contributed by atoms with Gasteiger partial charge in [0.05, 0.1) is 11.2 Å². The van der Waals surface area contributed by atoms with Crippen LogP contribution in [-0.2, 0) is 6.42 Å². The molecule has 35 heavy (non-hydrogen) atoms. The SMILES string of the molecule is CC1C=CC=CC1[C@H](C)NC(=O)c1ccc2nc(-c3ccccc3)c(CCCCC(O)O)cc2c1. The molecule has 2 aromatic carbocycles. The number of carbonyl (C=O) groups excluding carboxylic acids is 1. The first-order valence-corrected chi connectivity index (χ1v) is 12.4. The van der Waals surface area contributed by atoms with Crippen molar-refractivity contribution in [3.05, 3.63) is 90.0 Å². The summed E-state index contributed by atoms with van der Waals surface area (Å²) in [5, 5.41) is 22.4. The molecule has 1 aliphatic rings. The van der Waals surface area contributed by atoms with Crippen LogP contribution in [0.1, 0.15) is 49.0 Å². The van der Waals surface area contributed by atoms with Crippen molar-refractivity contribution >= 4 is 16.8 Å². The van der Waals surface area contributed by atoms with Crippen LogP contribution in [0.15, 0.2) is 78.9 Å². The van der Waals surface area contributed by atoms with Gasteiger partial charge in [0.15, 0.2) is 6.29 Å². The fourth-order valence-corrected chi connectivity index (χ4v) is 4.78. The Bertz CT molecular complexity index is 1220. The number of nitrogens with zero attached hydrogens (tertiary/aromatic N) is 1. The average Bonchev–Trinajstić information content (AvgIpc) is 2.86. The number of aliphatic hydroxyl groups excluding tert-OH is 1. The molecule has 2 unspecified atom stereocenters. The van der Waals surface area contributed by atoms with Crippen LogP contribution in [0.25, 0.3) is 22.2 Å². The Kier molecular flexibility index (Phi) is 8.11. The number of hydrogen-bond donors (Lipinski definition) is 3. The van der Waals surface area contributed by atoms with Crippen molar-refractivity contribution in [3.63, 3.8) is 0 Å². The van der Waals surface area contributed by atoms with Crippen LogP contribution < -0.4 is 5.32 Å². The lowest BCUT2D eigenvalue weighted by atomic mass is 9.85. The van der Waals surface area contributed by atoms with E-state index in [1.54, 1.807) is 0 Å². The van der Waals surface area contributed by atoms with Crippen LogP contribution in [0.3, 0.4) is 0 Å². The summed E-state index contributed by atoms with van der Waals surface area (Å²) in [4.78, 5) is 18.0. The van der Waals surface area contributed by atoms with Crippen LogP contribution in [-0.4, -0.2) is 33.4 Å². The molecule has 1 aromatic heterocycles. The molecule has 3 aromatic rings. The molecule has 0 saturated heterocycles. The summed E-state index contributed by atoms with van der Waals surface area (Å²) in [6.07, 6.45) is 9.82. The maximum atomic E-state index is 13.1. The maximum Gasteiger partial charge on any atom is 0.251 e. The minimum absolute atomic E-state index is 0.0189. The van der Waals surface area contributed by atoms with E-state index in [1.165, 1.54) is 0 Å². The van der Waals surface area contributed by atoms with E-state index < -0.39 is 6.29 Å². The predicted molar refractivity (Wildman–Crippen MR) is 141 cm³/mol. The molecular weight excluding hydrogens is 436 g/mol. The zero-order valence-corrected chi connectivity index (χ0v) is 20.4. The number of hydrogen-bond acceptors (Lipinski definition) is 4. The number of pyridine rings is 1. The summed E-state index contributed by atoms with van der Waals surface area (Å²) in [7, 11) is 0. The van der Waals surface area contributed by atoms with Gasteiger partial charge in [-0.2, -0.15) is 0 Å². The van der Waals surface area contributed by atoms with Crippen LogP contribution in [0.5, 0.6) is 0 Å². The van der Waals surface area contributed by atoms with Crippen molar-refractivity contribution in [3.8, 4) is 11.3 Å². The quantitative estimate of drug-likeness (QED) is 0.288. The van der Waals surface area contributed by atoms with E-state index in [0.29, 0.717) is 24.3 Å². The Labute approximate surface area is 207 Å². The van der Waals surface area contributed by atoms with Gasteiger partial charge < -0.3 is 15.5 Å². The number of aliphatic hydroxyl groups is 2. The molecule has 1 heterocycles. The van der Waals surface area contributed by atoms with E-state index >= 15 is 0 Å². The van der Waals surface area contributed by atoms with Crippen molar-refractivity contribution in [2.75, 3.05) is 0 Å². The highest BCUT2D eigenvalue weighted by Gasteiger charge is 2.23. The third kappa shape index (κ3) is 6.24. The number of aryl methyl sites for hydroxylation is 1. The van der Waals surface area contributed by atoms with Gasteiger partial charge in [0, 0.05) is 28.5 Å². The summed E-state index contributed by atoms with van der Waals surface area (Å²) >= 11 is 0. The van der Waals surface area contributed by atoms with Crippen LogP contribution >= 0.6 is 0 Å². The molecule has 5 heteroatoms. The standard InChI is InChI=1S/C30H34N2O3/c1-20-10-6-8-14-26(20)21(2)31-30(35)24-16-17-27-25(19-24)18-23(13-7-9-15-28(33)34)29(32-27)22-11-4-3-5-12-22/h3-6,8,10-12,14,16-21,26,28,33-34H,7,9,13,15H2,1-2H3,(H,31,35)/t20?,21-,26?/m0/s1. The maximum absolute atomic E-state index is 13.1. The van der Waals surface area contributed by atoms with E-state index in [4.69, 9.17) is 15.2 Å². The number of fused-ring (bicyclic) bond motifs is 1. The highest BCUT2D eigenvalue weighted by atomic mass is 16.5. The molecule has 4 rings (SSSR count). The molecule has 0 saturated carbocycles. The molecular formula is C30H34N2O3. The second-order valence-electron chi connectivity index (χ2n) is 9.46. The minimum atomic E-state index is -1.27. The normalized spacial score (nSPS) is 18.2. The molecule has 0 fully saturated rings. The number of benzene rings is 2. The van der Waals surface area contributed by atoms with Crippen molar-refractivity contribution in [2.45, 2.75) is 51.9 Å². The van der Waals surface area contributed by atoms with Crippen LogP contribution in [0, 0.1) is 11.8 Å². The number of unbranched alkanes of at least 4 members (excludes halogenated alkanes) is 1. The summed E-state index contributed by atoms with van der Waals surface area (Å²) in [5.41, 5.74) is 4.54. The first-order valence-electron chi connectivity index (χ1n) is 12.4. The fraction of sp³-hybridized carbons (Fsp3) is 0.333. The van der Waals surface area contributed by atoms with E-state index in [9.17, 15) is 4.79 Å². The number of amides is 1. The zero-order chi connectivity index (χ0) is 24.8. The first-order chi connectivity index (χ1) is 16.9. The monoisotopic (exact) mass is 470 g/mol. The van der Waals surface area contributed by atoms with Crippen LogP contribution in [0.2, 0.25) is 0 Å². The average molecular weight is 471 g/mol. The van der Waals surface area contributed by atoms with Gasteiger partial charge in [-0.3, -0.25) is 4.79 Å². The lowest BCUT2D eigenvalue weighted by Crippen LogP contribution is -2.39. The second-order valence-corrected chi connectivity index (χ2v) is 9.46. The summed E-state index contributed by atoms with van der Waals surface area (Å²) < 4.78 is 0.